The molecule has 1 aliphatic heterocycles. The van der Waals surface area contributed by atoms with E-state index in [1.807, 2.05) is 18.2 Å². The molecule has 2 fully saturated rings. The van der Waals surface area contributed by atoms with E-state index in [-0.39, 0.29) is 18.0 Å². The standard InChI is InChI=1S/C20H24ClN5O2S/c21-14-7-4-6-13(12-14)18-24-25-19(29-18)23-17(27)16-10-5-11-26(16)20(28)22-15-8-2-1-3-9-15/h4,6-7,12,15-16H,1-3,5,8-11H2,(H,22,28)(H,23,25,27). The van der Waals surface area contributed by atoms with Crippen LogP contribution in [0.1, 0.15) is 44.9 Å². The Hall–Kier alpha value is -2.19. The Labute approximate surface area is 178 Å². The van der Waals surface area contributed by atoms with E-state index in [4.69, 9.17) is 11.6 Å². The van der Waals surface area contributed by atoms with Crippen LogP contribution in [0, 0.1) is 0 Å². The van der Waals surface area contributed by atoms with Crippen LogP contribution in [0.4, 0.5) is 9.93 Å². The van der Waals surface area contributed by atoms with Crippen molar-refractivity contribution in [1.82, 2.24) is 20.4 Å². The molecule has 9 heteroatoms. The number of nitrogens with one attached hydrogen (secondary N) is 2. The van der Waals surface area contributed by atoms with Crippen molar-refractivity contribution in [3.8, 4) is 10.6 Å². The number of nitrogens with zero attached hydrogens (tertiary/aromatic N) is 3. The lowest BCUT2D eigenvalue weighted by atomic mass is 9.96. The van der Waals surface area contributed by atoms with E-state index in [0.29, 0.717) is 28.1 Å². The van der Waals surface area contributed by atoms with Crippen molar-refractivity contribution in [2.45, 2.75) is 57.0 Å². The average molecular weight is 434 g/mol. The SMILES string of the molecule is O=C(Nc1nnc(-c2cccc(Cl)c2)s1)C1CCCN1C(=O)NC1CCCCC1. The number of carbonyl (C=O) groups is 2. The number of hydrogen-bond donors (Lipinski definition) is 2. The second kappa shape index (κ2) is 9.09. The van der Waals surface area contributed by atoms with Gasteiger partial charge in [-0.05, 0) is 37.8 Å². The van der Waals surface area contributed by atoms with E-state index in [1.54, 1.807) is 11.0 Å². The number of benzene rings is 1. The van der Waals surface area contributed by atoms with E-state index >= 15 is 0 Å². The van der Waals surface area contributed by atoms with Crippen molar-refractivity contribution in [3.05, 3.63) is 29.3 Å². The Morgan fingerprint density at radius 2 is 1.93 bits per heavy atom. The van der Waals surface area contributed by atoms with Gasteiger partial charge in [0.05, 0.1) is 0 Å². The van der Waals surface area contributed by atoms with Crippen molar-refractivity contribution >= 4 is 40.0 Å². The number of rotatable bonds is 4. The van der Waals surface area contributed by atoms with Gasteiger partial charge in [0, 0.05) is 23.2 Å². The summed E-state index contributed by atoms with van der Waals surface area (Å²) in [6, 6.07) is 6.96. The first-order valence-electron chi connectivity index (χ1n) is 10.1. The molecule has 2 N–H and O–H groups in total. The lowest BCUT2D eigenvalue weighted by Crippen LogP contribution is -2.50. The van der Waals surface area contributed by atoms with Crippen molar-refractivity contribution in [3.63, 3.8) is 0 Å². The fourth-order valence-electron chi connectivity index (χ4n) is 3.99. The van der Waals surface area contributed by atoms with Gasteiger partial charge in [-0.1, -0.05) is 54.3 Å². The second-order valence-corrected chi connectivity index (χ2v) is 8.96. The van der Waals surface area contributed by atoms with Gasteiger partial charge >= 0.3 is 6.03 Å². The maximum atomic E-state index is 12.8. The number of amides is 3. The Bertz CT molecular complexity index is 883. The van der Waals surface area contributed by atoms with E-state index in [1.165, 1.54) is 17.8 Å². The predicted molar refractivity (Wildman–Crippen MR) is 114 cm³/mol. The van der Waals surface area contributed by atoms with E-state index in [9.17, 15) is 9.59 Å². The molecule has 1 saturated carbocycles. The summed E-state index contributed by atoms with van der Waals surface area (Å²) >= 11 is 7.32. The molecule has 1 aliphatic carbocycles. The lowest BCUT2D eigenvalue weighted by Gasteiger charge is -2.28. The van der Waals surface area contributed by atoms with Crippen molar-refractivity contribution in [2.75, 3.05) is 11.9 Å². The summed E-state index contributed by atoms with van der Waals surface area (Å²) in [6.07, 6.45) is 7.06. The van der Waals surface area contributed by atoms with Crippen LogP contribution in [0.25, 0.3) is 10.6 Å². The molecule has 0 spiro atoms. The summed E-state index contributed by atoms with van der Waals surface area (Å²) in [5.41, 5.74) is 0.852. The van der Waals surface area contributed by atoms with E-state index in [0.717, 1.165) is 37.7 Å². The molecule has 2 aliphatic rings. The van der Waals surface area contributed by atoms with Crippen LogP contribution in [0.2, 0.25) is 5.02 Å². The molecule has 4 rings (SSSR count). The fourth-order valence-corrected chi connectivity index (χ4v) is 4.92. The van der Waals surface area contributed by atoms with Crippen molar-refractivity contribution < 1.29 is 9.59 Å². The van der Waals surface area contributed by atoms with Crippen LogP contribution in [0.5, 0.6) is 0 Å². The van der Waals surface area contributed by atoms with E-state index < -0.39 is 6.04 Å². The first-order chi connectivity index (χ1) is 14.1. The molecule has 29 heavy (non-hydrogen) atoms. The fraction of sp³-hybridized carbons (Fsp3) is 0.500. The van der Waals surface area contributed by atoms with Gasteiger partial charge in [0.2, 0.25) is 11.0 Å². The molecule has 1 aromatic heterocycles. The molecule has 0 radical (unpaired) electrons. The zero-order valence-electron chi connectivity index (χ0n) is 16.1. The van der Waals surface area contributed by atoms with Gasteiger partial charge in [-0.25, -0.2) is 4.79 Å². The first-order valence-corrected chi connectivity index (χ1v) is 11.3. The second-order valence-electron chi connectivity index (χ2n) is 7.55. The number of likely N-dealkylation sites (tertiary alicyclic amines) is 1. The maximum absolute atomic E-state index is 12.8. The Morgan fingerprint density at radius 1 is 1.10 bits per heavy atom. The van der Waals surface area contributed by atoms with Crippen molar-refractivity contribution in [1.29, 1.82) is 0 Å². The molecule has 3 amide bonds. The minimum Gasteiger partial charge on any atom is -0.335 e. The highest BCUT2D eigenvalue weighted by atomic mass is 35.5. The zero-order chi connectivity index (χ0) is 20.2. The van der Waals surface area contributed by atoms with Crippen LogP contribution in [-0.4, -0.2) is 45.7 Å². The van der Waals surface area contributed by atoms with Gasteiger partial charge in [0.1, 0.15) is 11.0 Å². The summed E-state index contributed by atoms with van der Waals surface area (Å²) in [4.78, 5) is 27.2. The number of halogens is 1. The van der Waals surface area contributed by atoms with Gasteiger partial charge in [-0.2, -0.15) is 0 Å². The number of hydrogen-bond acceptors (Lipinski definition) is 5. The van der Waals surface area contributed by atoms with Crippen LogP contribution in [0.3, 0.4) is 0 Å². The van der Waals surface area contributed by atoms with Crippen molar-refractivity contribution in [2.24, 2.45) is 0 Å². The summed E-state index contributed by atoms with van der Waals surface area (Å²) in [5, 5.41) is 15.9. The molecule has 2 heterocycles. The highest BCUT2D eigenvalue weighted by Crippen LogP contribution is 2.29. The maximum Gasteiger partial charge on any atom is 0.318 e. The Kier molecular flexibility index (Phi) is 6.30. The lowest BCUT2D eigenvalue weighted by molar-refractivity contribution is -0.119. The number of carbonyl (C=O) groups excluding carboxylic acids is 2. The minimum atomic E-state index is -0.475. The molecule has 154 valence electrons. The predicted octanol–water partition coefficient (Wildman–Crippen LogP) is 4.30. The molecule has 7 nitrogen and oxygen atoms in total. The summed E-state index contributed by atoms with van der Waals surface area (Å²) in [6.45, 7) is 0.598. The van der Waals surface area contributed by atoms with E-state index in [2.05, 4.69) is 20.8 Å². The average Bonchev–Trinajstić information content (AvgIpc) is 3.38. The number of anilines is 1. The largest absolute Gasteiger partial charge is 0.335 e. The molecule has 1 unspecified atom stereocenters. The molecule has 1 aromatic carbocycles. The smallest absolute Gasteiger partial charge is 0.318 e. The molecular formula is C20H24ClN5O2S. The summed E-state index contributed by atoms with van der Waals surface area (Å²) in [5.74, 6) is -0.213. The monoisotopic (exact) mass is 433 g/mol. The van der Waals surface area contributed by atoms with Gasteiger partial charge in [0.25, 0.3) is 0 Å². The van der Waals surface area contributed by atoms with Crippen LogP contribution < -0.4 is 10.6 Å². The summed E-state index contributed by atoms with van der Waals surface area (Å²) in [7, 11) is 0. The normalized spacial score (nSPS) is 19.9. The molecule has 1 atom stereocenters. The molecule has 0 bridgehead atoms. The number of urea groups is 1. The molecule has 2 aromatic rings. The molecule has 1 saturated heterocycles. The Morgan fingerprint density at radius 3 is 2.72 bits per heavy atom. The van der Waals surface area contributed by atoms with Crippen LogP contribution in [-0.2, 0) is 4.79 Å². The highest BCUT2D eigenvalue weighted by molar-refractivity contribution is 7.18. The van der Waals surface area contributed by atoms with Gasteiger partial charge in [0.15, 0.2) is 0 Å². The first kappa shape index (κ1) is 20.1. The summed E-state index contributed by atoms with van der Waals surface area (Å²) < 4.78 is 0. The van der Waals surface area contributed by atoms with Gasteiger partial charge < -0.3 is 10.2 Å². The molecular weight excluding hydrogens is 410 g/mol. The van der Waals surface area contributed by atoms with Crippen LogP contribution >= 0.6 is 22.9 Å². The van der Waals surface area contributed by atoms with Gasteiger partial charge in [-0.3, -0.25) is 10.1 Å². The zero-order valence-corrected chi connectivity index (χ0v) is 17.6. The minimum absolute atomic E-state index is 0.133. The third-order valence-corrected chi connectivity index (χ3v) is 6.60. The quantitative estimate of drug-likeness (QED) is 0.752. The topological polar surface area (TPSA) is 87.2 Å². The third-order valence-electron chi connectivity index (χ3n) is 5.48. The number of aromatic nitrogens is 2. The third kappa shape index (κ3) is 4.87. The van der Waals surface area contributed by atoms with Gasteiger partial charge in [-0.15, -0.1) is 10.2 Å². The Balaban J connectivity index is 1.38. The van der Waals surface area contributed by atoms with Crippen LogP contribution in [0.15, 0.2) is 24.3 Å². The highest BCUT2D eigenvalue weighted by Gasteiger charge is 2.35.